The summed E-state index contributed by atoms with van der Waals surface area (Å²) in [4.78, 5) is 18.0. The Balaban J connectivity index is 1.52. The van der Waals surface area contributed by atoms with E-state index in [1.165, 1.54) is 19.3 Å². The van der Waals surface area contributed by atoms with E-state index in [0.29, 0.717) is 11.6 Å². The molecule has 2 aromatic rings. The molecule has 4 rings (SSSR count). The first-order chi connectivity index (χ1) is 12.7. The fraction of sp³-hybridized carbons (Fsp3) is 0.524. The summed E-state index contributed by atoms with van der Waals surface area (Å²) in [5.74, 6) is 1.27. The lowest BCUT2D eigenvalue weighted by molar-refractivity contribution is -0.128. The zero-order valence-electron chi connectivity index (χ0n) is 15.1. The molecule has 1 aromatic carbocycles. The molecule has 0 atom stereocenters. The van der Waals surface area contributed by atoms with Crippen LogP contribution in [-0.2, 0) is 29.7 Å². The average Bonchev–Trinajstić information content (AvgIpc) is 3.09. The number of benzene rings is 1. The summed E-state index contributed by atoms with van der Waals surface area (Å²) in [5.41, 5.74) is 1.56. The third-order valence-electron chi connectivity index (χ3n) is 5.91. The van der Waals surface area contributed by atoms with Crippen LogP contribution in [-0.4, -0.2) is 15.5 Å². The predicted molar refractivity (Wildman–Crippen MR) is 103 cm³/mol. The summed E-state index contributed by atoms with van der Waals surface area (Å²) < 4.78 is 2.23. The zero-order valence-corrected chi connectivity index (χ0v) is 15.9. The fourth-order valence-corrected chi connectivity index (χ4v) is 4.68. The van der Waals surface area contributed by atoms with Gasteiger partial charge in [0.25, 0.3) is 0 Å². The number of amides is 1. The van der Waals surface area contributed by atoms with Crippen LogP contribution in [0.15, 0.2) is 30.5 Å². The average molecular weight is 372 g/mol. The van der Waals surface area contributed by atoms with Crippen molar-refractivity contribution in [3.63, 3.8) is 0 Å². The molecule has 1 saturated carbocycles. The number of hydrogen-bond acceptors (Lipinski definition) is 2. The zero-order chi connectivity index (χ0) is 18.0. The summed E-state index contributed by atoms with van der Waals surface area (Å²) in [6.07, 6.45) is 10.7. The summed E-state index contributed by atoms with van der Waals surface area (Å²) in [5, 5.41) is 3.88. The minimum Gasteiger partial charge on any atom is -0.350 e. The second-order valence-corrected chi connectivity index (χ2v) is 8.07. The van der Waals surface area contributed by atoms with Gasteiger partial charge in [-0.15, -0.1) is 0 Å². The molecule has 5 heteroatoms. The highest BCUT2D eigenvalue weighted by Crippen LogP contribution is 2.40. The number of hydrogen-bond donors (Lipinski definition) is 1. The normalized spacial score (nSPS) is 19.0. The molecule has 26 heavy (non-hydrogen) atoms. The third kappa shape index (κ3) is 3.39. The molecule has 4 nitrogen and oxygen atoms in total. The standard InChI is InChI=1S/C21H26ClN3O/c22-17-8-6-7-16(13-17)21(10-3-1-4-11-21)20(26)23-14-18-15-25-12-5-2-9-19(25)24-18/h6-8,13,15H,1-5,9-12,14H2,(H,23,26). The van der Waals surface area contributed by atoms with Crippen molar-refractivity contribution in [1.82, 2.24) is 14.9 Å². The van der Waals surface area contributed by atoms with Crippen molar-refractivity contribution < 1.29 is 4.79 Å². The van der Waals surface area contributed by atoms with E-state index < -0.39 is 5.41 Å². The third-order valence-corrected chi connectivity index (χ3v) is 6.14. The lowest BCUT2D eigenvalue weighted by Gasteiger charge is -2.36. The van der Waals surface area contributed by atoms with Gasteiger partial charge in [0.05, 0.1) is 17.7 Å². The van der Waals surface area contributed by atoms with E-state index in [1.54, 1.807) is 0 Å². The molecule has 1 aliphatic heterocycles. The number of nitrogens with one attached hydrogen (secondary N) is 1. The number of halogens is 1. The summed E-state index contributed by atoms with van der Waals surface area (Å²) >= 11 is 6.22. The molecular weight excluding hydrogens is 346 g/mol. The van der Waals surface area contributed by atoms with Gasteiger partial charge in [-0.2, -0.15) is 0 Å². The second-order valence-electron chi connectivity index (χ2n) is 7.63. The quantitative estimate of drug-likeness (QED) is 0.866. The minimum absolute atomic E-state index is 0.116. The minimum atomic E-state index is -0.456. The van der Waals surface area contributed by atoms with Gasteiger partial charge in [0.2, 0.25) is 5.91 Å². The summed E-state index contributed by atoms with van der Waals surface area (Å²) in [6.45, 7) is 1.55. The molecule has 2 aliphatic rings. The maximum absolute atomic E-state index is 13.3. The van der Waals surface area contributed by atoms with Gasteiger partial charge >= 0.3 is 0 Å². The number of aryl methyl sites for hydroxylation is 2. The van der Waals surface area contributed by atoms with Gasteiger partial charge in [-0.1, -0.05) is 43.0 Å². The van der Waals surface area contributed by atoms with Crippen LogP contribution in [0.3, 0.4) is 0 Å². The van der Waals surface area contributed by atoms with Gasteiger partial charge in [0, 0.05) is 24.2 Å². The van der Waals surface area contributed by atoms with Crippen molar-refractivity contribution in [2.24, 2.45) is 0 Å². The highest BCUT2D eigenvalue weighted by atomic mass is 35.5. The molecule has 0 radical (unpaired) electrons. The van der Waals surface area contributed by atoms with E-state index in [4.69, 9.17) is 16.6 Å². The van der Waals surface area contributed by atoms with Crippen LogP contribution >= 0.6 is 11.6 Å². The number of carbonyl (C=O) groups excluding carboxylic acids is 1. The monoisotopic (exact) mass is 371 g/mol. The smallest absolute Gasteiger partial charge is 0.230 e. The van der Waals surface area contributed by atoms with E-state index in [0.717, 1.165) is 55.7 Å². The maximum Gasteiger partial charge on any atom is 0.230 e. The van der Waals surface area contributed by atoms with Crippen LogP contribution in [0.4, 0.5) is 0 Å². The van der Waals surface area contributed by atoms with Crippen LogP contribution in [0.5, 0.6) is 0 Å². The van der Waals surface area contributed by atoms with Crippen LogP contribution in [0, 0.1) is 0 Å². The van der Waals surface area contributed by atoms with Crippen LogP contribution in [0.2, 0.25) is 5.02 Å². The first-order valence-electron chi connectivity index (χ1n) is 9.77. The van der Waals surface area contributed by atoms with Crippen molar-refractivity contribution in [2.45, 2.75) is 69.9 Å². The lowest BCUT2D eigenvalue weighted by atomic mass is 9.68. The molecular formula is C21H26ClN3O. The number of aromatic nitrogens is 2. The SMILES string of the molecule is O=C(NCc1cn2c(n1)CCCC2)C1(c2cccc(Cl)c2)CCCCC1. The number of carbonyl (C=O) groups is 1. The molecule has 1 fully saturated rings. The molecule has 2 heterocycles. The second kappa shape index (κ2) is 7.43. The largest absolute Gasteiger partial charge is 0.350 e. The van der Waals surface area contributed by atoms with Crippen molar-refractivity contribution in [2.75, 3.05) is 0 Å². The maximum atomic E-state index is 13.3. The van der Waals surface area contributed by atoms with Crippen molar-refractivity contribution in [1.29, 1.82) is 0 Å². The number of rotatable bonds is 4. The van der Waals surface area contributed by atoms with Crippen LogP contribution in [0.25, 0.3) is 0 Å². The molecule has 1 N–H and O–H groups in total. The summed E-state index contributed by atoms with van der Waals surface area (Å²) in [7, 11) is 0. The van der Waals surface area contributed by atoms with Gasteiger partial charge in [-0.05, 0) is 43.4 Å². The Labute approximate surface area is 160 Å². The first-order valence-corrected chi connectivity index (χ1v) is 10.1. The predicted octanol–water partition coefficient (Wildman–Crippen LogP) is 4.39. The Kier molecular flexibility index (Phi) is 5.03. The Hall–Kier alpha value is -1.81. The van der Waals surface area contributed by atoms with E-state index in [9.17, 15) is 4.79 Å². The number of fused-ring (bicyclic) bond motifs is 1. The topological polar surface area (TPSA) is 46.9 Å². The molecule has 0 saturated heterocycles. The number of imidazole rings is 1. The molecule has 0 spiro atoms. The van der Waals surface area contributed by atoms with Crippen molar-refractivity contribution in [3.8, 4) is 0 Å². The lowest BCUT2D eigenvalue weighted by Crippen LogP contribution is -2.45. The highest BCUT2D eigenvalue weighted by Gasteiger charge is 2.41. The molecule has 1 amide bonds. The highest BCUT2D eigenvalue weighted by molar-refractivity contribution is 6.30. The van der Waals surface area contributed by atoms with E-state index in [-0.39, 0.29) is 5.91 Å². The van der Waals surface area contributed by atoms with Gasteiger partial charge in [0.15, 0.2) is 0 Å². The van der Waals surface area contributed by atoms with Crippen molar-refractivity contribution in [3.05, 3.63) is 52.6 Å². The Morgan fingerprint density at radius 3 is 2.81 bits per heavy atom. The Morgan fingerprint density at radius 1 is 1.19 bits per heavy atom. The van der Waals surface area contributed by atoms with Gasteiger partial charge in [-0.3, -0.25) is 4.79 Å². The Morgan fingerprint density at radius 2 is 2.04 bits per heavy atom. The number of nitrogens with zero attached hydrogens (tertiary/aromatic N) is 2. The molecule has 138 valence electrons. The fourth-order valence-electron chi connectivity index (χ4n) is 4.49. The first kappa shape index (κ1) is 17.6. The molecule has 0 unspecified atom stereocenters. The Bertz CT molecular complexity index is 769. The molecule has 0 bridgehead atoms. The molecule has 1 aliphatic carbocycles. The van der Waals surface area contributed by atoms with Gasteiger partial charge in [-0.25, -0.2) is 4.98 Å². The van der Waals surface area contributed by atoms with Gasteiger partial charge in [0.1, 0.15) is 5.82 Å². The van der Waals surface area contributed by atoms with Crippen LogP contribution in [0.1, 0.15) is 62.0 Å². The van der Waals surface area contributed by atoms with Crippen LogP contribution < -0.4 is 5.32 Å². The molecule has 1 aromatic heterocycles. The van der Waals surface area contributed by atoms with E-state index in [2.05, 4.69) is 16.1 Å². The van der Waals surface area contributed by atoms with E-state index >= 15 is 0 Å². The van der Waals surface area contributed by atoms with Gasteiger partial charge < -0.3 is 9.88 Å². The summed E-state index contributed by atoms with van der Waals surface area (Å²) in [6, 6.07) is 7.83. The van der Waals surface area contributed by atoms with Crippen molar-refractivity contribution >= 4 is 17.5 Å². The van der Waals surface area contributed by atoms with E-state index in [1.807, 2.05) is 24.3 Å².